The Morgan fingerprint density at radius 2 is 1.66 bits per heavy atom. The first-order valence-corrected chi connectivity index (χ1v) is 10.2. The summed E-state index contributed by atoms with van der Waals surface area (Å²) in [4.78, 5) is 36.0. The molecule has 1 atom stereocenters. The van der Waals surface area contributed by atoms with Gasteiger partial charge in [0.25, 0.3) is 5.91 Å². The molecule has 0 bridgehead atoms. The Balaban J connectivity index is 1.42. The smallest absolute Gasteiger partial charge is 0.411 e. The van der Waals surface area contributed by atoms with Crippen LogP contribution in [0.25, 0.3) is 11.1 Å². The highest BCUT2D eigenvalue weighted by molar-refractivity contribution is 6.01. The number of carbonyl (C=O) groups is 3. The van der Waals surface area contributed by atoms with Crippen molar-refractivity contribution in [2.24, 2.45) is 0 Å². The summed E-state index contributed by atoms with van der Waals surface area (Å²) in [7, 11) is 0. The SMILES string of the molecule is CC[C@H](NC(=O)c1occc1NC(=O)OCC1c2ccccc2-c2ccccc21)C(=O)O. The van der Waals surface area contributed by atoms with Crippen LogP contribution in [0.15, 0.2) is 65.3 Å². The van der Waals surface area contributed by atoms with E-state index in [0.29, 0.717) is 0 Å². The molecule has 4 rings (SSSR count). The maximum atomic E-state index is 12.5. The Morgan fingerprint density at radius 1 is 1.03 bits per heavy atom. The van der Waals surface area contributed by atoms with Crippen molar-refractivity contribution < 1.29 is 28.6 Å². The van der Waals surface area contributed by atoms with Gasteiger partial charge in [-0.05, 0) is 28.7 Å². The third kappa shape index (κ3) is 4.07. The fourth-order valence-electron chi connectivity index (χ4n) is 3.89. The zero-order valence-corrected chi connectivity index (χ0v) is 17.3. The lowest BCUT2D eigenvalue weighted by molar-refractivity contribution is -0.139. The fraction of sp³-hybridized carbons (Fsp3) is 0.208. The van der Waals surface area contributed by atoms with Gasteiger partial charge in [-0.1, -0.05) is 55.5 Å². The highest BCUT2D eigenvalue weighted by Gasteiger charge is 2.29. The Kier molecular flexibility index (Phi) is 5.93. The number of furan rings is 1. The predicted octanol–water partition coefficient (Wildman–Crippen LogP) is 4.23. The number of anilines is 1. The standard InChI is InChI=1S/C24H22N2O6/c1-2-19(23(28)29)25-22(27)21-20(11-12-31-21)26-24(30)32-13-18-16-9-5-3-7-14(16)15-8-4-6-10-17(15)18/h3-12,18-19H,2,13H2,1H3,(H,25,27)(H,26,30)(H,28,29)/t19-/m0/s1. The third-order valence-corrected chi connectivity index (χ3v) is 5.46. The van der Waals surface area contributed by atoms with Gasteiger partial charge in [0.15, 0.2) is 0 Å². The minimum absolute atomic E-state index is 0.0962. The Hall–Kier alpha value is -4.07. The van der Waals surface area contributed by atoms with Crippen molar-refractivity contribution in [1.82, 2.24) is 5.32 Å². The molecule has 32 heavy (non-hydrogen) atoms. The number of rotatable bonds is 7. The third-order valence-electron chi connectivity index (χ3n) is 5.46. The van der Waals surface area contributed by atoms with E-state index in [9.17, 15) is 14.4 Å². The second-order valence-corrected chi connectivity index (χ2v) is 7.39. The molecule has 1 heterocycles. The summed E-state index contributed by atoms with van der Waals surface area (Å²) >= 11 is 0. The van der Waals surface area contributed by atoms with Crippen molar-refractivity contribution in [2.45, 2.75) is 25.3 Å². The summed E-state index contributed by atoms with van der Waals surface area (Å²) in [5.74, 6) is -2.18. The number of benzene rings is 2. The van der Waals surface area contributed by atoms with E-state index < -0.39 is 24.0 Å². The Morgan fingerprint density at radius 3 is 2.25 bits per heavy atom. The van der Waals surface area contributed by atoms with Gasteiger partial charge in [0.2, 0.25) is 5.76 Å². The van der Waals surface area contributed by atoms with E-state index in [-0.39, 0.29) is 30.4 Å². The first kappa shape index (κ1) is 21.2. The summed E-state index contributed by atoms with van der Waals surface area (Å²) in [5, 5.41) is 14.0. The van der Waals surface area contributed by atoms with E-state index in [4.69, 9.17) is 14.3 Å². The highest BCUT2D eigenvalue weighted by atomic mass is 16.5. The van der Waals surface area contributed by atoms with E-state index in [1.165, 1.54) is 12.3 Å². The zero-order chi connectivity index (χ0) is 22.7. The second kappa shape index (κ2) is 8.97. The van der Waals surface area contributed by atoms with Gasteiger partial charge in [0.1, 0.15) is 12.6 Å². The molecule has 0 spiro atoms. The largest absolute Gasteiger partial charge is 0.480 e. The first-order valence-electron chi connectivity index (χ1n) is 10.2. The number of fused-ring (bicyclic) bond motifs is 3. The number of aliphatic carboxylic acids is 1. The fourth-order valence-corrected chi connectivity index (χ4v) is 3.89. The van der Waals surface area contributed by atoms with Gasteiger partial charge in [0, 0.05) is 12.0 Å². The minimum Gasteiger partial charge on any atom is -0.480 e. The molecule has 1 aromatic heterocycles. The number of nitrogens with one attached hydrogen (secondary N) is 2. The van der Waals surface area contributed by atoms with Crippen molar-refractivity contribution >= 4 is 23.7 Å². The lowest BCUT2D eigenvalue weighted by Gasteiger charge is -2.15. The molecule has 0 fully saturated rings. The van der Waals surface area contributed by atoms with Crippen LogP contribution in [0.3, 0.4) is 0 Å². The van der Waals surface area contributed by atoms with Crippen molar-refractivity contribution in [3.63, 3.8) is 0 Å². The van der Waals surface area contributed by atoms with E-state index >= 15 is 0 Å². The van der Waals surface area contributed by atoms with E-state index in [2.05, 4.69) is 10.6 Å². The first-order chi connectivity index (χ1) is 15.5. The summed E-state index contributed by atoms with van der Waals surface area (Å²) in [5.41, 5.74) is 4.51. The molecule has 0 saturated heterocycles. The number of hydrogen-bond acceptors (Lipinski definition) is 5. The minimum atomic E-state index is -1.15. The quantitative estimate of drug-likeness (QED) is 0.512. The molecule has 164 valence electrons. The van der Waals surface area contributed by atoms with Gasteiger partial charge >= 0.3 is 12.1 Å². The van der Waals surface area contributed by atoms with Crippen LogP contribution in [0.5, 0.6) is 0 Å². The van der Waals surface area contributed by atoms with Gasteiger partial charge in [-0.2, -0.15) is 0 Å². The molecular weight excluding hydrogens is 412 g/mol. The van der Waals surface area contributed by atoms with Crippen molar-refractivity contribution in [3.8, 4) is 11.1 Å². The highest BCUT2D eigenvalue weighted by Crippen LogP contribution is 2.44. The van der Waals surface area contributed by atoms with E-state index in [0.717, 1.165) is 22.3 Å². The molecule has 8 heteroatoms. The normalized spacial score (nSPS) is 13.0. The van der Waals surface area contributed by atoms with Crippen LogP contribution in [0, 0.1) is 0 Å². The second-order valence-electron chi connectivity index (χ2n) is 7.39. The lowest BCUT2D eigenvalue weighted by atomic mass is 9.98. The summed E-state index contributed by atoms with van der Waals surface area (Å²) in [6, 6.07) is 16.3. The molecule has 3 N–H and O–H groups in total. The van der Waals surface area contributed by atoms with Crippen molar-refractivity contribution in [1.29, 1.82) is 0 Å². The lowest BCUT2D eigenvalue weighted by Crippen LogP contribution is -2.40. The van der Waals surface area contributed by atoms with Crippen LogP contribution >= 0.6 is 0 Å². The molecule has 1 aliphatic carbocycles. The van der Waals surface area contributed by atoms with Crippen LogP contribution < -0.4 is 10.6 Å². The molecule has 0 radical (unpaired) electrons. The van der Waals surface area contributed by atoms with Crippen molar-refractivity contribution in [3.05, 3.63) is 77.7 Å². The van der Waals surface area contributed by atoms with Gasteiger partial charge < -0.3 is 19.6 Å². The molecule has 2 amide bonds. The molecular formula is C24H22N2O6. The van der Waals surface area contributed by atoms with Gasteiger partial charge in [0.05, 0.1) is 12.0 Å². The molecule has 2 aromatic carbocycles. The maximum absolute atomic E-state index is 12.5. The predicted molar refractivity (Wildman–Crippen MR) is 117 cm³/mol. The molecule has 8 nitrogen and oxygen atoms in total. The van der Waals surface area contributed by atoms with Gasteiger partial charge in [-0.25, -0.2) is 9.59 Å². The number of ether oxygens (including phenoxy) is 1. The topological polar surface area (TPSA) is 118 Å². The number of amides is 2. The van der Waals surface area contributed by atoms with E-state index in [1.807, 2.05) is 48.5 Å². The number of carboxylic acid groups (broad SMARTS) is 1. The molecule has 3 aromatic rings. The average molecular weight is 434 g/mol. The monoisotopic (exact) mass is 434 g/mol. The molecule has 0 saturated carbocycles. The van der Waals surface area contributed by atoms with E-state index in [1.54, 1.807) is 6.92 Å². The Bertz CT molecular complexity index is 1120. The van der Waals surface area contributed by atoms with Crippen LogP contribution in [-0.4, -0.2) is 35.7 Å². The van der Waals surface area contributed by atoms with Gasteiger partial charge in [-0.15, -0.1) is 0 Å². The van der Waals surface area contributed by atoms with Crippen molar-refractivity contribution in [2.75, 3.05) is 11.9 Å². The maximum Gasteiger partial charge on any atom is 0.411 e. The van der Waals surface area contributed by atoms with Crippen LogP contribution in [0.4, 0.5) is 10.5 Å². The van der Waals surface area contributed by atoms with Crippen LogP contribution in [0.1, 0.15) is 40.9 Å². The zero-order valence-electron chi connectivity index (χ0n) is 17.3. The number of carboxylic acids is 1. The number of carbonyl (C=O) groups excluding carboxylic acids is 2. The van der Waals surface area contributed by atoms with Gasteiger partial charge in [-0.3, -0.25) is 10.1 Å². The summed E-state index contributed by atoms with van der Waals surface area (Å²) in [6.45, 7) is 1.76. The molecule has 1 aliphatic rings. The summed E-state index contributed by atoms with van der Waals surface area (Å²) in [6.07, 6.45) is 0.694. The average Bonchev–Trinajstić information content (AvgIpc) is 3.38. The number of hydrogen-bond donors (Lipinski definition) is 3. The Labute approximate surface area is 184 Å². The van der Waals surface area contributed by atoms with Crippen LogP contribution in [0.2, 0.25) is 0 Å². The van der Waals surface area contributed by atoms with Crippen LogP contribution in [-0.2, 0) is 9.53 Å². The summed E-state index contributed by atoms with van der Waals surface area (Å²) < 4.78 is 10.6. The molecule has 0 aliphatic heterocycles. The molecule has 0 unspecified atom stereocenters.